The Morgan fingerprint density at radius 2 is 1.81 bits per heavy atom. The van der Waals surface area contributed by atoms with Crippen LogP contribution in [0.25, 0.3) is 16.6 Å². The Labute approximate surface area is 308 Å². The van der Waals surface area contributed by atoms with Gasteiger partial charge in [-0.05, 0) is 83.4 Å². The molecule has 3 fully saturated rings. The fourth-order valence-electron chi connectivity index (χ4n) is 8.03. The van der Waals surface area contributed by atoms with Crippen LogP contribution in [0.15, 0.2) is 36.5 Å². The van der Waals surface area contributed by atoms with Crippen LogP contribution in [0.4, 0.5) is 16.0 Å². The topological polar surface area (TPSA) is 122 Å². The Balaban J connectivity index is 1.08. The van der Waals surface area contributed by atoms with Gasteiger partial charge in [0, 0.05) is 60.9 Å². The second-order valence-electron chi connectivity index (χ2n) is 14.7. The largest absolute Gasteiger partial charge is 0.497 e. The highest BCUT2D eigenvalue weighted by atomic mass is 19.1. The summed E-state index contributed by atoms with van der Waals surface area (Å²) in [6, 6.07) is 9.01. The second kappa shape index (κ2) is 14.6. The first-order valence-corrected chi connectivity index (χ1v) is 18.7. The molecule has 14 heteroatoms. The maximum absolute atomic E-state index is 15.1. The maximum Gasteiger partial charge on any atom is 0.226 e. The van der Waals surface area contributed by atoms with Crippen molar-refractivity contribution in [3.8, 4) is 17.2 Å². The molecule has 5 heterocycles. The average molecular weight is 729 g/mol. The Hall–Kier alpha value is -4.69. The molecule has 0 radical (unpaired) electrons. The van der Waals surface area contributed by atoms with E-state index in [0.717, 1.165) is 81.5 Å². The summed E-state index contributed by atoms with van der Waals surface area (Å²) in [6.07, 6.45) is 10.4. The summed E-state index contributed by atoms with van der Waals surface area (Å²) in [5.74, 6) is 2.21. The minimum Gasteiger partial charge on any atom is -0.497 e. The SMILES string of the molecule is COc1ccc(CNc2nc3cc(OC)c(F)cc3c3nc(C4CCC(C)N(c5cn(CC6(OC7CCCCO7)CCC6)nc5C)C4)nn23)c(OC)c1. The van der Waals surface area contributed by atoms with Gasteiger partial charge < -0.3 is 33.9 Å². The number of hydrogen-bond donors (Lipinski definition) is 1. The van der Waals surface area contributed by atoms with Crippen molar-refractivity contribution in [3.05, 3.63) is 59.4 Å². The number of nitrogens with zero attached hydrogens (tertiary/aromatic N) is 7. The van der Waals surface area contributed by atoms with Crippen LogP contribution in [0.3, 0.4) is 0 Å². The maximum atomic E-state index is 15.1. The summed E-state index contributed by atoms with van der Waals surface area (Å²) < 4.78 is 47.7. The lowest BCUT2D eigenvalue weighted by molar-refractivity contribution is -0.251. The van der Waals surface area contributed by atoms with Gasteiger partial charge in [0.05, 0.1) is 50.4 Å². The van der Waals surface area contributed by atoms with Crippen LogP contribution in [0, 0.1) is 12.7 Å². The van der Waals surface area contributed by atoms with Crippen molar-refractivity contribution in [2.45, 2.75) is 102 Å². The Kier molecular flexibility index (Phi) is 9.75. The number of ether oxygens (including phenoxy) is 5. The minimum absolute atomic E-state index is 0.0336. The fourth-order valence-corrected chi connectivity index (χ4v) is 8.03. The molecule has 0 amide bonds. The number of aryl methyl sites for hydroxylation is 1. The van der Waals surface area contributed by atoms with Gasteiger partial charge in [-0.1, -0.05) is 0 Å². The number of anilines is 2. The van der Waals surface area contributed by atoms with Gasteiger partial charge in [0.1, 0.15) is 11.5 Å². The van der Waals surface area contributed by atoms with Crippen molar-refractivity contribution < 1.29 is 28.1 Å². The second-order valence-corrected chi connectivity index (χ2v) is 14.7. The molecule has 282 valence electrons. The lowest BCUT2D eigenvalue weighted by Gasteiger charge is -2.44. The number of rotatable bonds is 12. The molecule has 53 heavy (non-hydrogen) atoms. The molecule has 8 rings (SSSR count). The summed E-state index contributed by atoms with van der Waals surface area (Å²) in [5, 5.41) is 14.0. The quantitative estimate of drug-likeness (QED) is 0.146. The molecule has 3 atom stereocenters. The summed E-state index contributed by atoms with van der Waals surface area (Å²) in [4.78, 5) is 12.4. The molecule has 2 saturated heterocycles. The number of aromatic nitrogens is 6. The van der Waals surface area contributed by atoms with Crippen molar-refractivity contribution >= 4 is 28.2 Å². The first kappa shape index (κ1) is 35.3. The van der Waals surface area contributed by atoms with E-state index < -0.39 is 5.82 Å². The van der Waals surface area contributed by atoms with Gasteiger partial charge in [-0.25, -0.2) is 14.4 Å². The van der Waals surface area contributed by atoms with E-state index in [0.29, 0.717) is 59.0 Å². The number of piperidine rings is 1. The Bertz CT molecular complexity index is 2090. The van der Waals surface area contributed by atoms with Gasteiger partial charge in [-0.2, -0.15) is 9.61 Å². The zero-order chi connectivity index (χ0) is 36.7. The number of halogens is 1. The van der Waals surface area contributed by atoms with E-state index in [2.05, 4.69) is 34.9 Å². The van der Waals surface area contributed by atoms with Crippen molar-refractivity contribution in [2.24, 2.45) is 0 Å². The van der Waals surface area contributed by atoms with Gasteiger partial charge in [0.2, 0.25) is 5.95 Å². The molecule has 1 aliphatic carbocycles. The molecular weight excluding hydrogens is 679 g/mol. The van der Waals surface area contributed by atoms with Crippen LogP contribution in [0.1, 0.15) is 81.3 Å². The van der Waals surface area contributed by atoms with Crippen LogP contribution in [-0.2, 0) is 22.6 Å². The van der Waals surface area contributed by atoms with Crippen LogP contribution in [0.2, 0.25) is 0 Å². The minimum atomic E-state index is -0.484. The van der Waals surface area contributed by atoms with E-state index >= 15 is 4.39 Å². The van der Waals surface area contributed by atoms with Crippen molar-refractivity contribution in [1.29, 1.82) is 0 Å². The number of fused-ring (bicyclic) bond motifs is 3. The van der Waals surface area contributed by atoms with Gasteiger partial charge in [-0.3, -0.25) is 4.68 Å². The predicted octanol–water partition coefficient (Wildman–Crippen LogP) is 6.80. The van der Waals surface area contributed by atoms with Crippen LogP contribution in [0.5, 0.6) is 17.2 Å². The van der Waals surface area contributed by atoms with E-state index in [-0.39, 0.29) is 23.6 Å². The smallest absolute Gasteiger partial charge is 0.226 e. The summed E-state index contributed by atoms with van der Waals surface area (Å²) >= 11 is 0. The lowest BCUT2D eigenvalue weighted by atomic mass is 9.80. The van der Waals surface area contributed by atoms with Crippen LogP contribution < -0.4 is 24.4 Å². The third-order valence-electron chi connectivity index (χ3n) is 11.2. The zero-order valence-corrected chi connectivity index (χ0v) is 31.2. The molecule has 2 aromatic carbocycles. The normalized spacial score (nSPS) is 21.5. The van der Waals surface area contributed by atoms with E-state index in [1.165, 1.54) is 13.2 Å². The summed E-state index contributed by atoms with van der Waals surface area (Å²) in [6.45, 7) is 6.96. The van der Waals surface area contributed by atoms with Crippen LogP contribution in [-0.4, -0.2) is 81.8 Å². The molecule has 2 aliphatic heterocycles. The van der Waals surface area contributed by atoms with Crippen LogP contribution >= 0.6 is 0 Å². The van der Waals surface area contributed by atoms with Crippen molar-refractivity contribution in [1.82, 2.24) is 29.4 Å². The summed E-state index contributed by atoms with van der Waals surface area (Å²) in [5.41, 5.74) is 3.86. The van der Waals surface area contributed by atoms with E-state index in [1.807, 2.05) is 18.2 Å². The molecule has 3 unspecified atom stereocenters. The molecular formula is C39H49FN8O5. The highest BCUT2D eigenvalue weighted by Gasteiger charge is 2.42. The molecule has 0 spiro atoms. The Morgan fingerprint density at radius 1 is 0.962 bits per heavy atom. The molecule has 0 bridgehead atoms. The highest BCUT2D eigenvalue weighted by molar-refractivity contribution is 5.93. The van der Waals surface area contributed by atoms with Gasteiger partial charge in [0.15, 0.2) is 29.3 Å². The highest BCUT2D eigenvalue weighted by Crippen LogP contribution is 2.41. The first-order valence-electron chi connectivity index (χ1n) is 18.7. The van der Waals surface area contributed by atoms with E-state index in [9.17, 15) is 0 Å². The first-order chi connectivity index (χ1) is 25.8. The van der Waals surface area contributed by atoms with Crippen molar-refractivity contribution in [3.63, 3.8) is 0 Å². The van der Waals surface area contributed by atoms with E-state index in [1.54, 1.807) is 24.8 Å². The monoisotopic (exact) mass is 728 g/mol. The van der Waals surface area contributed by atoms with Gasteiger partial charge in [-0.15, -0.1) is 5.10 Å². The standard InChI is InChI=1S/C39H49FN8O5/c1-24-10-11-27(21-47(24)32-22-46(44-25(32)2)23-39(14-8-15-39)53-35-9-6-7-16-52-35)36-43-37-29-18-30(40)34(51-5)19-31(29)42-38(48(37)45-36)41-20-26-12-13-28(49-3)17-33(26)50-4/h12-13,17-19,22,24,27,35H,6-11,14-16,20-21,23H2,1-5H3,(H,41,42). The third-order valence-corrected chi connectivity index (χ3v) is 11.2. The number of hydrogen-bond acceptors (Lipinski definition) is 11. The molecule has 5 aromatic rings. The lowest BCUT2D eigenvalue weighted by Crippen LogP contribution is -2.48. The zero-order valence-electron chi connectivity index (χ0n) is 31.2. The average Bonchev–Trinajstić information content (AvgIpc) is 3.77. The predicted molar refractivity (Wildman–Crippen MR) is 199 cm³/mol. The van der Waals surface area contributed by atoms with Gasteiger partial charge >= 0.3 is 0 Å². The molecule has 1 N–H and O–H groups in total. The number of methoxy groups -OCH3 is 3. The van der Waals surface area contributed by atoms with Gasteiger partial charge in [0.25, 0.3) is 0 Å². The number of nitrogens with one attached hydrogen (secondary N) is 1. The van der Waals surface area contributed by atoms with E-state index in [4.69, 9.17) is 43.8 Å². The summed E-state index contributed by atoms with van der Waals surface area (Å²) in [7, 11) is 4.69. The Morgan fingerprint density at radius 3 is 2.55 bits per heavy atom. The molecule has 1 saturated carbocycles. The molecule has 3 aliphatic rings. The fraction of sp³-hybridized carbons (Fsp3) is 0.538. The molecule has 13 nitrogen and oxygen atoms in total. The molecule has 3 aromatic heterocycles. The number of benzene rings is 2. The third kappa shape index (κ3) is 6.94. The van der Waals surface area contributed by atoms with Crippen molar-refractivity contribution in [2.75, 3.05) is 44.7 Å².